The summed E-state index contributed by atoms with van der Waals surface area (Å²) in [5, 5.41) is 3.60. The first kappa shape index (κ1) is 13.3. The van der Waals surface area contributed by atoms with Crippen LogP contribution in [0.3, 0.4) is 0 Å². The lowest BCUT2D eigenvalue weighted by Crippen LogP contribution is -2.33. The van der Waals surface area contributed by atoms with Gasteiger partial charge in [0.1, 0.15) is 0 Å². The molecule has 1 heterocycles. The van der Waals surface area contributed by atoms with Crippen LogP contribution < -0.4 is 5.32 Å². The molecule has 17 heavy (non-hydrogen) atoms. The summed E-state index contributed by atoms with van der Waals surface area (Å²) in [6.45, 7) is 3.24. The average Bonchev–Trinajstić information content (AvgIpc) is 2.48. The molecule has 1 saturated heterocycles. The third kappa shape index (κ3) is 4.25. The summed E-state index contributed by atoms with van der Waals surface area (Å²) in [5.41, 5.74) is 0. The van der Waals surface area contributed by atoms with Gasteiger partial charge in [-0.25, -0.2) is 8.42 Å². The molecular weight excluding hydrogens is 234 g/mol. The summed E-state index contributed by atoms with van der Waals surface area (Å²) in [7, 11) is -2.70. The van der Waals surface area contributed by atoms with Crippen molar-refractivity contribution in [3.63, 3.8) is 0 Å². The molecule has 0 radical (unpaired) electrons. The normalized spacial score (nSPS) is 37.8. The first-order chi connectivity index (χ1) is 8.05. The molecule has 3 nitrogen and oxygen atoms in total. The summed E-state index contributed by atoms with van der Waals surface area (Å²) in [4.78, 5) is 0. The highest BCUT2D eigenvalue weighted by Gasteiger charge is 2.28. The van der Waals surface area contributed by atoms with Crippen molar-refractivity contribution in [1.82, 2.24) is 5.32 Å². The van der Waals surface area contributed by atoms with E-state index in [2.05, 4.69) is 12.2 Å². The van der Waals surface area contributed by atoms with Gasteiger partial charge in [0, 0.05) is 6.04 Å². The Morgan fingerprint density at radius 2 is 1.94 bits per heavy atom. The van der Waals surface area contributed by atoms with Crippen molar-refractivity contribution in [3.05, 3.63) is 0 Å². The summed E-state index contributed by atoms with van der Waals surface area (Å²) in [6, 6.07) is 0.628. The second kappa shape index (κ2) is 5.70. The average molecular weight is 259 g/mol. The minimum absolute atomic E-state index is 0.362. The Hall–Kier alpha value is -0.0900. The quantitative estimate of drug-likeness (QED) is 0.788. The Bertz CT molecular complexity index is 339. The number of sulfone groups is 1. The third-order valence-electron chi connectivity index (χ3n) is 4.28. The van der Waals surface area contributed by atoms with Gasteiger partial charge in [0.2, 0.25) is 0 Å². The maximum Gasteiger partial charge on any atom is 0.150 e. The molecule has 2 aliphatic rings. The molecule has 3 atom stereocenters. The molecule has 4 heteroatoms. The third-order valence-corrected chi connectivity index (χ3v) is 6.12. The fourth-order valence-electron chi connectivity index (χ4n) is 3.06. The second-order valence-electron chi connectivity index (χ2n) is 5.99. The van der Waals surface area contributed by atoms with E-state index in [1.165, 1.54) is 32.1 Å². The zero-order valence-electron chi connectivity index (χ0n) is 10.8. The molecule has 1 aliphatic heterocycles. The number of rotatable bonds is 3. The van der Waals surface area contributed by atoms with Crippen molar-refractivity contribution >= 4 is 9.84 Å². The van der Waals surface area contributed by atoms with Crippen LogP contribution in [0.5, 0.6) is 0 Å². The molecule has 2 fully saturated rings. The molecule has 1 saturated carbocycles. The molecular formula is C13H25NO2S. The van der Waals surface area contributed by atoms with Gasteiger partial charge in [-0.3, -0.25) is 0 Å². The smallest absolute Gasteiger partial charge is 0.150 e. The van der Waals surface area contributed by atoms with E-state index in [1.54, 1.807) is 0 Å². The van der Waals surface area contributed by atoms with Crippen molar-refractivity contribution in [2.45, 2.75) is 51.5 Å². The lowest BCUT2D eigenvalue weighted by Gasteiger charge is -2.18. The van der Waals surface area contributed by atoms with E-state index in [4.69, 9.17) is 0 Å². The van der Waals surface area contributed by atoms with Crippen LogP contribution in [0.15, 0.2) is 0 Å². The minimum Gasteiger partial charge on any atom is -0.314 e. The highest BCUT2D eigenvalue weighted by Crippen LogP contribution is 2.23. The molecule has 0 bridgehead atoms. The second-order valence-corrected chi connectivity index (χ2v) is 8.22. The van der Waals surface area contributed by atoms with E-state index >= 15 is 0 Å². The lowest BCUT2D eigenvalue weighted by molar-refractivity contribution is 0.411. The van der Waals surface area contributed by atoms with Gasteiger partial charge in [-0.05, 0) is 44.1 Å². The Morgan fingerprint density at radius 3 is 2.65 bits per heavy atom. The topological polar surface area (TPSA) is 46.2 Å². The Morgan fingerprint density at radius 1 is 1.12 bits per heavy atom. The fourth-order valence-corrected chi connectivity index (χ4v) is 4.92. The van der Waals surface area contributed by atoms with E-state index in [0.717, 1.165) is 18.9 Å². The highest BCUT2D eigenvalue weighted by atomic mass is 32.2. The molecule has 0 aromatic rings. The molecule has 0 aromatic heterocycles. The fraction of sp³-hybridized carbons (Fsp3) is 1.00. The zero-order valence-corrected chi connectivity index (χ0v) is 11.6. The molecule has 1 aliphatic carbocycles. The van der Waals surface area contributed by atoms with Crippen LogP contribution in [0.4, 0.5) is 0 Å². The van der Waals surface area contributed by atoms with E-state index in [9.17, 15) is 8.42 Å². The molecule has 1 N–H and O–H groups in total. The minimum atomic E-state index is -2.70. The van der Waals surface area contributed by atoms with Gasteiger partial charge in [-0.2, -0.15) is 0 Å². The van der Waals surface area contributed by atoms with Crippen LogP contribution >= 0.6 is 0 Å². The maximum absolute atomic E-state index is 11.4. The molecule has 3 unspecified atom stereocenters. The predicted molar refractivity (Wildman–Crippen MR) is 70.8 cm³/mol. The summed E-state index contributed by atoms with van der Waals surface area (Å²) in [6.07, 6.45) is 7.39. The van der Waals surface area contributed by atoms with Gasteiger partial charge in [0.15, 0.2) is 9.84 Å². The van der Waals surface area contributed by atoms with Crippen molar-refractivity contribution in [3.8, 4) is 0 Å². The van der Waals surface area contributed by atoms with Crippen molar-refractivity contribution in [2.75, 3.05) is 18.1 Å². The standard InChI is InChI=1S/C13H25NO2S/c1-11-3-2-4-13(6-5-11)14-9-12-7-8-17(15,16)10-12/h11-14H,2-10H2,1H3. The molecule has 0 aromatic carbocycles. The Kier molecular flexibility index (Phi) is 4.47. The number of nitrogens with one attached hydrogen (secondary N) is 1. The summed E-state index contributed by atoms with van der Waals surface area (Å²) < 4.78 is 22.7. The van der Waals surface area contributed by atoms with Crippen molar-refractivity contribution in [1.29, 1.82) is 0 Å². The predicted octanol–water partition coefficient (Wildman–Crippen LogP) is 1.98. The van der Waals surface area contributed by atoms with Crippen LogP contribution in [0, 0.1) is 11.8 Å². The molecule has 100 valence electrons. The van der Waals surface area contributed by atoms with E-state index < -0.39 is 9.84 Å². The maximum atomic E-state index is 11.4. The number of hydrogen-bond donors (Lipinski definition) is 1. The molecule has 0 amide bonds. The SMILES string of the molecule is CC1CCCC(NCC2CCS(=O)(=O)C2)CC1. The van der Waals surface area contributed by atoms with Crippen LogP contribution in [0.1, 0.15) is 45.4 Å². The van der Waals surface area contributed by atoms with Crippen molar-refractivity contribution in [2.24, 2.45) is 11.8 Å². The Labute approximate surface area is 105 Å². The Balaban J connectivity index is 1.71. The van der Waals surface area contributed by atoms with Gasteiger partial charge in [0.05, 0.1) is 11.5 Å². The van der Waals surface area contributed by atoms with E-state index in [1.807, 2.05) is 0 Å². The highest BCUT2D eigenvalue weighted by molar-refractivity contribution is 7.91. The first-order valence-corrected chi connectivity index (χ1v) is 8.81. The largest absolute Gasteiger partial charge is 0.314 e. The van der Waals surface area contributed by atoms with Gasteiger partial charge < -0.3 is 5.32 Å². The van der Waals surface area contributed by atoms with Gasteiger partial charge in [-0.1, -0.05) is 19.8 Å². The van der Waals surface area contributed by atoms with Gasteiger partial charge in [-0.15, -0.1) is 0 Å². The van der Waals surface area contributed by atoms with Crippen LogP contribution in [0.2, 0.25) is 0 Å². The molecule has 0 spiro atoms. The van der Waals surface area contributed by atoms with Crippen LogP contribution in [-0.2, 0) is 9.84 Å². The molecule has 2 rings (SSSR count). The van der Waals surface area contributed by atoms with Crippen LogP contribution in [-0.4, -0.2) is 32.5 Å². The lowest BCUT2D eigenvalue weighted by atomic mass is 10.0. The summed E-state index contributed by atoms with van der Waals surface area (Å²) in [5.74, 6) is 2.04. The summed E-state index contributed by atoms with van der Waals surface area (Å²) >= 11 is 0. The van der Waals surface area contributed by atoms with E-state index in [-0.39, 0.29) is 0 Å². The zero-order chi connectivity index (χ0) is 12.3. The first-order valence-electron chi connectivity index (χ1n) is 6.99. The van der Waals surface area contributed by atoms with Crippen molar-refractivity contribution < 1.29 is 8.42 Å². The van der Waals surface area contributed by atoms with Gasteiger partial charge in [0.25, 0.3) is 0 Å². The number of hydrogen-bond acceptors (Lipinski definition) is 3. The van der Waals surface area contributed by atoms with E-state index in [0.29, 0.717) is 23.5 Å². The van der Waals surface area contributed by atoms with Gasteiger partial charge >= 0.3 is 0 Å². The monoisotopic (exact) mass is 259 g/mol. The van der Waals surface area contributed by atoms with Crippen LogP contribution in [0.25, 0.3) is 0 Å².